The van der Waals surface area contributed by atoms with Crippen LogP contribution in [-0.2, 0) is 0 Å². The highest BCUT2D eigenvalue weighted by Gasteiger charge is 2.13. The fourth-order valence-electron chi connectivity index (χ4n) is 2.11. The van der Waals surface area contributed by atoms with Gasteiger partial charge in [-0.3, -0.25) is 0 Å². The summed E-state index contributed by atoms with van der Waals surface area (Å²) in [4.78, 5) is 18.0. The molecular weight excluding hydrogens is 264 g/mol. The first-order valence-corrected chi connectivity index (χ1v) is 7.76. The highest BCUT2D eigenvalue weighted by Crippen LogP contribution is 2.18. The van der Waals surface area contributed by atoms with Gasteiger partial charge in [0.2, 0.25) is 0 Å². The largest absolute Gasteiger partial charge is 0.478 e. The van der Waals surface area contributed by atoms with Crippen molar-refractivity contribution in [3.8, 4) is 0 Å². The molecule has 0 aliphatic carbocycles. The van der Waals surface area contributed by atoms with Gasteiger partial charge in [0, 0.05) is 18.8 Å². The summed E-state index contributed by atoms with van der Waals surface area (Å²) in [5.74, 6) is 1.13. The van der Waals surface area contributed by atoms with Crippen molar-refractivity contribution in [2.45, 2.75) is 47.5 Å². The van der Waals surface area contributed by atoms with Crippen molar-refractivity contribution in [3.63, 3.8) is 0 Å². The minimum atomic E-state index is -0.894. The Morgan fingerprint density at radius 2 is 1.67 bits per heavy atom. The second-order valence-electron chi connectivity index (χ2n) is 6.51. The average Bonchev–Trinajstić information content (AvgIpc) is 2.37. The summed E-state index contributed by atoms with van der Waals surface area (Å²) >= 11 is 0. The summed E-state index contributed by atoms with van der Waals surface area (Å²) in [6.45, 7) is 12.5. The summed E-state index contributed by atoms with van der Waals surface area (Å²) in [6, 6.07) is 3.31. The fraction of sp³-hybridized carbons (Fsp3) is 0.647. The number of carboxylic acid groups (broad SMARTS) is 1. The van der Waals surface area contributed by atoms with Crippen molar-refractivity contribution in [1.82, 2.24) is 4.98 Å². The third kappa shape index (κ3) is 6.15. The van der Waals surface area contributed by atoms with E-state index in [-0.39, 0.29) is 0 Å². The smallest absolute Gasteiger partial charge is 0.335 e. The van der Waals surface area contributed by atoms with E-state index >= 15 is 0 Å². The van der Waals surface area contributed by atoms with Crippen molar-refractivity contribution in [2.75, 3.05) is 18.0 Å². The third-order valence-corrected chi connectivity index (χ3v) is 3.46. The van der Waals surface area contributed by atoms with Gasteiger partial charge in [-0.15, -0.1) is 0 Å². The van der Waals surface area contributed by atoms with Crippen molar-refractivity contribution in [3.05, 3.63) is 23.4 Å². The van der Waals surface area contributed by atoms with E-state index in [1.807, 2.05) is 6.92 Å². The summed E-state index contributed by atoms with van der Waals surface area (Å²) in [5.41, 5.74) is 1.07. The number of carboxylic acids is 1. The molecule has 1 rings (SSSR count). The number of hydrogen-bond donors (Lipinski definition) is 1. The zero-order chi connectivity index (χ0) is 16.0. The standard InChI is InChI=1S/C17H28N2O2/c1-12(2)6-8-19(9-7-13(3)4)16-11-15(17(20)21)10-14(5)18-16/h10-13H,6-9H2,1-5H3,(H,20,21). The maximum atomic E-state index is 11.2. The van der Waals surface area contributed by atoms with Gasteiger partial charge in [0.05, 0.1) is 5.56 Å². The van der Waals surface area contributed by atoms with Crippen LogP contribution in [0.5, 0.6) is 0 Å². The number of anilines is 1. The molecule has 0 amide bonds. The number of carbonyl (C=O) groups is 1. The lowest BCUT2D eigenvalue weighted by Crippen LogP contribution is -2.28. The number of aryl methyl sites for hydroxylation is 1. The number of aromatic nitrogens is 1. The van der Waals surface area contributed by atoms with Crippen molar-refractivity contribution in [1.29, 1.82) is 0 Å². The third-order valence-electron chi connectivity index (χ3n) is 3.46. The van der Waals surface area contributed by atoms with Gasteiger partial charge in [0.1, 0.15) is 5.82 Å². The number of aromatic carboxylic acids is 1. The second-order valence-corrected chi connectivity index (χ2v) is 6.51. The van der Waals surface area contributed by atoms with Crippen LogP contribution in [0.3, 0.4) is 0 Å². The molecule has 0 saturated heterocycles. The Balaban J connectivity index is 2.97. The molecule has 118 valence electrons. The van der Waals surface area contributed by atoms with Crippen LogP contribution < -0.4 is 4.90 Å². The molecule has 1 N–H and O–H groups in total. The van der Waals surface area contributed by atoms with E-state index in [1.54, 1.807) is 12.1 Å². The lowest BCUT2D eigenvalue weighted by atomic mass is 10.1. The lowest BCUT2D eigenvalue weighted by Gasteiger charge is -2.26. The Hall–Kier alpha value is -1.58. The van der Waals surface area contributed by atoms with E-state index in [0.29, 0.717) is 17.4 Å². The van der Waals surface area contributed by atoms with Crippen LogP contribution in [0.25, 0.3) is 0 Å². The van der Waals surface area contributed by atoms with Crippen molar-refractivity contribution >= 4 is 11.8 Å². The Bertz CT molecular complexity index is 458. The van der Waals surface area contributed by atoms with Crippen LogP contribution in [0.2, 0.25) is 0 Å². The highest BCUT2D eigenvalue weighted by molar-refractivity contribution is 5.88. The normalized spacial score (nSPS) is 11.2. The Labute approximate surface area is 128 Å². The molecule has 0 aliphatic rings. The number of rotatable bonds is 8. The van der Waals surface area contributed by atoms with Crippen LogP contribution in [0.15, 0.2) is 12.1 Å². The monoisotopic (exact) mass is 292 g/mol. The molecule has 0 bridgehead atoms. The van der Waals surface area contributed by atoms with Gasteiger partial charge in [-0.25, -0.2) is 9.78 Å². The van der Waals surface area contributed by atoms with Crippen LogP contribution in [0, 0.1) is 18.8 Å². The molecule has 0 saturated carbocycles. The number of pyridine rings is 1. The van der Waals surface area contributed by atoms with Gasteiger partial charge in [0.15, 0.2) is 0 Å². The summed E-state index contributed by atoms with van der Waals surface area (Å²) in [5, 5.41) is 9.21. The number of nitrogens with zero attached hydrogens (tertiary/aromatic N) is 2. The molecule has 0 aliphatic heterocycles. The topological polar surface area (TPSA) is 53.4 Å². The van der Waals surface area contributed by atoms with Gasteiger partial charge in [0.25, 0.3) is 0 Å². The predicted octanol–water partition coefficient (Wildman–Crippen LogP) is 3.99. The van der Waals surface area contributed by atoms with Gasteiger partial charge in [-0.2, -0.15) is 0 Å². The van der Waals surface area contributed by atoms with Crippen LogP contribution in [0.1, 0.15) is 56.6 Å². The minimum absolute atomic E-state index is 0.316. The summed E-state index contributed by atoms with van der Waals surface area (Å²) in [7, 11) is 0. The van der Waals surface area contributed by atoms with Crippen LogP contribution in [-0.4, -0.2) is 29.1 Å². The van der Waals surface area contributed by atoms with Crippen LogP contribution in [0.4, 0.5) is 5.82 Å². The van der Waals surface area contributed by atoms with E-state index < -0.39 is 5.97 Å². The first-order chi connectivity index (χ1) is 9.79. The Morgan fingerprint density at radius 3 is 2.10 bits per heavy atom. The average molecular weight is 292 g/mol. The molecule has 0 unspecified atom stereocenters. The minimum Gasteiger partial charge on any atom is -0.478 e. The van der Waals surface area contributed by atoms with E-state index in [2.05, 4.69) is 37.6 Å². The maximum absolute atomic E-state index is 11.2. The summed E-state index contributed by atoms with van der Waals surface area (Å²) in [6.07, 6.45) is 2.16. The zero-order valence-corrected chi connectivity index (χ0v) is 13.9. The Kier molecular flexibility index (Phi) is 6.66. The molecule has 0 radical (unpaired) electrons. The van der Waals surface area contributed by atoms with Gasteiger partial charge >= 0.3 is 5.97 Å². The van der Waals surface area contributed by atoms with Crippen molar-refractivity contribution in [2.24, 2.45) is 11.8 Å². The summed E-state index contributed by atoms with van der Waals surface area (Å²) < 4.78 is 0. The lowest BCUT2D eigenvalue weighted by molar-refractivity contribution is 0.0696. The Morgan fingerprint density at radius 1 is 1.14 bits per heavy atom. The highest BCUT2D eigenvalue weighted by atomic mass is 16.4. The maximum Gasteiger partial charge on any atom is 0.335 e. The first-order valence-electron chi connectivity index (χ1n) is 7.76. The fourth-order valence-corrected chi connectivity index (χ4v) is 2.11. The second kappa shape index (κ2) is 8.01. The molecule has 0 fully saturated rings. The zero-order valence-electron chi connectivity index (χ0n) is 13.9. The molecular formula is C17H28N2O2. The van der Waals surface area contributed by atoms with Gasteiger partial charge < -0.3 is 10.0 Å². The molecule has 1 aromatic rings. The van der Waals surface area contributed by atoms with Crippen molar-refractivity contribution < 1.29 is 9.90 Å². The number of hydrogen-bond acceptors (Lipinski definition) is 3. The van der Waals surface area contributed by atoms with Gasteiger partial charge in [-0.05, 0) is 43.7 Å². The SMILES string of the molecule is Cc1cc(C(=O)O)cc(N(CCC(C)C)CCC(C)C)n1. The molecule has 0 spiro atoms. The molecule has 1 aromatic heterocycles. The van der Waals surface area contributed by atoms with Crippen LogP contribution >= 0.6 is 0 Å². The van der Waals surface area contributed by atoms with E-state index in [1.165, 1.54) is 0 Å². The molecule has 0 aromatic carbocycles. The molecule has 4 heteroatoms. The van der Waals surface area contributed by atoms with E-state index in [4.69, 9.17) is 0 Å². The van der Waals surface area contributed by atoms with E-state index in [0.717, 1.165) is 37.4 Å². The molecule has 21 heavy (non-hydrogen) atoms. The quantitative estimate of drug-likeness (QED) is 0.787. The van der Waals surface area contributed by atoms with E-state index in [9.17, 15) is 9.90 Å². The van der Waals surface area contributed by atoms with Gasteiger partial charge in [-0.1, -0.05) is 27.7 Å². The molecule has 4 nitrogen and oxygen atoms in total. The molecule has 1 heterocycles. The predicted molar refractivity (Wildman–Crippen MR) is 87.1 cm³/mol. The first kappa shape index (κ1) is 17.5. The molecule has 0 atom stereocenters.